The Balaban J connectivity index is 2.02. The maximum Gasteiger partial charge on any atom is 0.251 e. The van der Waals surface area contributed by atoms with Gasteiger partial charge >= 0.3 is 0 Å². The quantitative estimate of drug-likeness (QED) is 0.281. The fraction of sp³-hybridized carbons (Fsp3) is 0.192. The molecule has 3 rings (SSSR count). The fourth-order valence-electron chi connectivity index (χ4n) is 3.21. The Bertz CT molecular complexity index is 988. The highest BCUT2D eigenvalue weighted by atomic mass is 127. The average Bonchev–Trinajstić information content (AvgIpc) is 2.71. The molecule has 0 aliphatic rings. The maximum atomic E-state index is 13.3. The third kappa shape index (κ3) is 5.80. The molecule has 0 heterocycles. The summed E-state index contributed by atoms with van der Waals surface area (Å²) in [6.45, 7) is 7.09. The molecule has 3 heteroatoms. The summed E-state index contributed by atoms with van der Waals surface area (Å²) in [4.78, 5) is 15.2. The summed E-state index contributed by atoms with van der Waals surface area (Å²) in [5.41, 5.74) is 4.17. The second-order valence-corrected chi connectivity index (χ2v) is 9.31. The molecule has 0 fully saturated rings. The van der Waals surface area contributed by atoms with Gasteiger partial charge in [-0.3, -0.25) is 4.79 Å². The van der Waals surface area contributed by atoms with Crippen LogP contribution in [0.2, 0.25) is 0 Å². The van der Waals surface area contributed by atoms with Crippen LogP contribution in [0.4, 0.5) is 5.69 Å². The monoisotopic (exact) mass is 495 g/mol. The van der Waals surface area contributed by atoms with Gasteiger partial charge in [-0.2, -0.15) is 0 Å². The van der Waals surface area contributed by atoms with E-state index in [0.29, 0.717) is 6.54 Å². The summed E-state index contributed by atoms with van der Waals surface area (Å²) in [5.74, 6) is -0.0237. The Hall–Kier alpha value is -2.40. The van der Waals surface area contributed by atoms with Gasteiger partial charge in [0.05, 0.1) is 6.54 Å². The van der Waals surface area contributed by atoms with Crippen LogP contribution in [0.1, 0.15) is 37.5 Å². The molecule has 0 aliphatic heterocycles. The third-order valence-electron chi connectivity index (χ3n) is 4.72. The van der Waals surface area contributed by atoms with Crippen molar-refractivity contribution in [2.75, 3.05) is 4.90 Å². The van der Waals surface area contributed by atoms with Crippen LogP contribution < -0.4 is 4.90 Å². The first kappa shape index (κ1) is 21.3. The predicted molar refractivity (Wildman–Crippen MR) is 131 cm³/mol. The molecule has 0 radical (unpaired) electrons. The standard InChI is InChI=1S/C26H26INO/c1-26(2,3)23-18-22(27)15-16-24(23)28(19-21-12-8-5-9-13-21)25(29)17-14-20-10-6-4-7-11-20/h4-18H,19H2,1-3H3/b17-14+. The minimum absolute atomic E-state index is 0.0237. The number of nitrogens with zero attached hydrogens (tertiary/aromatic N) is 1. The molecule has 0 spiro atoms. The van der Waals surface area contributed by atoms with Crippen LogP contribution in [0.25, 0.3) is 6.08 Å². The van der Waals surface area contributed by atoms with Crippen molar-refractivity contribution < 1.29 is 4.79 Å². The number of rotatable bonds is 5. The topological polar surface area (TPSA) is 20.3 Å². The number of anilines is 1. The zero-order chi connectivity index (χ0) is 20.9. The zero-order valence-corrected chi connectivity index (χ0v) is 19.3. The Labute approximate surface area is 187 Å². The summed E-state index contributed by atoms with van der Waals surface area (Å²) < 4.78 is 1.17. The zero-order valence-electron chi connectivity index (χ0n) is 17.1. The SMILES string of the molecule is CC(C)(C)c1cc(I)ccc1N(Cc1ccccc1)C(=O)/C=C/c1ccccc1. The highest BCUT2D eigenvalue weighted by Crippen LogP contribution is 2.34. The summed E-state index contributed by atoms with van der Waals surface area (Å²) in [7, 11) is 0. The first-order valence-corrected chi connectivity index (χ1v) is 10.8. The third-order valence-corrected chi connectivity index (χ3v) is 5.40. The smallest absolute Gasteiger partial charge is 0.251 e. The first-order valence-electron chi connectivity index (χ1n) is 9.73. The largest absolute Gasteiger partial charge is 0.304 e. The molecule has 0 saturated heterocycles. The lowest BCUT2D eigenvalue weighted by Crippen LogP contribution is -2.31. The highest BCUT2D eigenvalue weighted by molar-refractivity contribution is 14.1. The van der Waals surface area contributed by atoms with Crippen molar-refractivity contribution >= 4 is 40.3 Å². The van der Waals surface area contributed by atoms with Crippen molar-refractivity contribution in [2.24, 2.45) is 0 Å². The normalized spacial score (nSPS) is 11.6. The Morgan fingerprint density at radius 2 is 1.55 bits per heavy atom. The van der Waals surface area contributed by atoms with Crippen molar-refractivity contribution in [2.45, 2.75) is 32.7 Å². The summed E-state index contributed by atoms with van der Waals surface area (Å²) in [6.07, 6.45) is 3.55. The van der Waals surface area contributed by atoms with Crippen LogP contribution in [0.3, 0.4) is 0 Å². The van der Waals surface area contributed by atoms with Crippen LogP contribution in [0.15, 0.2) is 84.9 Å². The first-order chi connectivity index (χ1) is 13.8. The molecule has 1 amide bonds. The molecule has 0 N–H and O–H groups in total. The van der Waals surface area contributed by atoms with E-state index in [9.17, 15) is 4.79 Å². The summed E-state index contributed by atoms with van der Waals surface area (Å²) in [6, 6.07) is 26.4. The van der Waals surface area contributed by atoms with Gasteiger partial charge in [0, 0.05) is 15.3 Å². The number of hydrogen-bond donors (Lipinski definition) is 0. The van der Waals surface area contributed by atoms with Crippen molar-refractivity contribution in [3.8, 4) is 0 Å². The number of amides is 1. The van der Waals surface area contributed by atoms with Crippen LogP contribution >= 0.6 is 22.6 Å². The van der Waals surface area contributed by atoms with E-state index in [4.69, 9.17) is 0 Å². The molecule has 0 unspecified atom stereocenters. The van der Waals surface area contributed by atoms with Crippen LogP contribution in [-0.4, -0.2) is 5.91 Å². The maximum absolute atomic E-state index is 13.3. The van der Waals surface area contributed by atoms with Gasteiger partial charge in [-0.1, -0.05) is 81.4 Å². The second-order valence-electron chi connectivity index (χ2n) is 8.07. The van der Waals surface area contributed by atoms with E-state index >= 15 is 0 Å². The number of carbonyl (C=O) groups is 1. The van der Waals surface area contributed by atoms with Crippen molar-refractivity contribution in [3.63, 3.8) is 0 Å². The summed E-state index contributed by atoms with van der Waals surface area (Å²) >= 11 is 2.33. The van der Waals surface area contributed by atoms with Gasteiger partial charge in [0.2, 0.25) is 0 Å². The number of halogens is 1. The molecule has 2 nitrogen and oxygen atoms in total. The van der Waals surface area contributed by atoms with E-state index in [1.807, 2.05) is 59.5 Å². The number of hydrogen-bond acceptors (Lipinski definition) is 1. The van der Waals surface area contributed by atoms with E-state index in [0.717, 1.165) is 16.8 Å². The van der Waals surface area contributed by atoms with E-state index in [-0.39, 0.29) is 11.3 Å². The Morgan fingerprint density at radius 1 is 0.931 bits per heavy atom. The molecule has 3 aromatic rings. The molecule has 0 bridgehead atoms. The van der Waals surface area contributed by atoms with Gasteiger partial charge in [0.15, 0.2) is 0 Å². The van der Waals surface area contributed by atoms with Crippen LogP contribution in [-0.2, 0) is 16.8 Å². The van der Waals surface area contributed by atoms with E-state index < -0.39 is 0 Å². The lowest BCUT2D eigenvalue weighted by Gasteiger charge is -2.30. The molecule has 0 saturated carbocycles. The van der Waals surface area contributed by atoms with Crippen LogP contribution in [0, 0.1) is 3.57 Å². The van der Waals surface area contributed by atoms with Gasteiger partial charge in [-0.05, 0) is 69.0 Å². The molecule has 148 valence electrons. The van der Waals surface area contributed by atoms with Crippen molar-refractivity contribution in [1.82, 2.24) is 0 Å². The minimum atomic E-state index is -0.0745. The van der Waals surface area contributed by atoms with Gasteiger partial charge in [-0.15, -0.1) is 0 Å². The minimum Gasteiger partial charge on any atom is -0.304 e. The van der Waals surface area contributed by atoms with E-state index in [2.05, 4.69) is 73.7 Å². The molecular weight excluding hydrogens is 469 g/mol. The van der Waals surface area contributed by atoms with Gasteiger partial charge < -0.3 is 4.90 Å². The average molecular weight is 495 g/mol. The van der Waals surface area contributed by atoms with E-state index in [1.165, 1.54) is 9.13 Å². The fourth-order valence-corrected chi connectivity index (χ4v) is 3.70. The second kappa shape index (κ2) is 9.40. The molecule has 0 aliphatic carbocycles. The number of benzene rings is 3. The van der Waals surface area contributed by atoms with Crippen molar-refractivity contribution in [1.29, 1.82) is 0 Å². The number of carbonyl (C=O) groups excluding carboxylic acids is 1. The summed E-state index contributed by atoms with van der Waals surface area (Å²) in [5, 5.41) is 0. The predicted octanol–water partition coefficient (Wildman–Crippen LogP) is 6.84. The van der Waals surface area contributed by atoms with Crippen molar-refractivity contribution in [3.05, 3.63) is 105 Å². The highest BCUT2D eigenvalue weighted by Gasteiger charge is 2.24. The van der Waals surface area contributed by atoms with Gasteiger partial charge in [0.1, 0.15) is 0 Å². The molecule has 0 aromatic heterocycles. The molecule has 3 aromatic carbocycles. The lowest BCUT2D eigenvalue weighted by molar-refractivity contribution is -0.114. The van der Waals surface area contributed by atoms with Crippen LogP contribution in [0.5, 0.6) is 0 Å². The van der Waals surface area contributed by atoms with E-state index in [1.54, 1.807) is 6.08 Å². The lowest BCUT2D eigenvalue weighted by atomic mass is 9.85. The molecule has 0 atom stereocenters. The van der Waals surface area contributed by atoms with Gasteiger partial charge in [0.25, 0.3) is 5.91 Å². The van der Waals surface area contributed by atoms with Gasteiger partial charge in [-0.25, -0.2) is 0 Å². The molecule has 29 heavy (non-hydrogen) atoms. The molecular formula is C26H26INO. The Kier molecular flexibility index (Phi) is 6.91. The Morgan fingerprint density at radius 3 is 2.17 bits per heavy atom.